The van der Waals surface area contributed by atoms with Crippen LogP contribution in [0.15, 0.2) is 48.5 Å². The number of aromatic hydroxyl groups is 1. The molecule has 0 saturated carbocycles. The number of hydrogen-bond acceptors (Lipinski definition) is 5. The van der Waals surface area contributed by atoms with E-state index in [4.69, 9.17) is 10.8 Å². The molecule has 0 radical (unpaired) electrons. The Labute approximate surface area is 131 Å². The summed E-state index contributed by atoms with van der Waals surface area (Å²) in [7, 11) is 0. The molecule has 1 aromatic heterocycles. The first-order chi connectivity index (χ1) is 11.1. The number of aromatic nitrogens is 3. The van der Waals surface area contributed by atoms with Gasteiger partial charge in [-0.1, -0.05) is 35.5 Å². The van der Waals surface area contributed by atoms with Crippen LogP contribution in [-0.2, 0) is 6.54 Å². The molecule has 0 unspecified atom stereocenters. The number of nitrogens with two attached hydrogens (primary N) is 1. The predicted octanol–water partition coefficient (Wildman–Crippen LogP) is 1.80. The van der Waals surface area contributed by atoms with Crippen LogP contribution in [0.3, 0.4) is 0 Å². The average Bonchev–Trinajstić information content (AvgIpc) is 2.99. The first-order valence-electron chi connectivity index (χ1n) is 6.88. The molecule has 4 N–H and O–H groups in total. The summed E-state index contributed by atoms with van der Waals surface area (Å²) >= 11 is 0. The maximum absolute atomic E-state index is 11.2. The van der Waals surface area contributed by atoms with Gasteiger partial charge in [0.1, 0.15) is 17.0 Å². The Morgan fingerprint density at radius 1 is 1.17 bits per heavy atom. The predicted molar refractivity (Wildman–Crippen MR) is 83.3 cm³/mol. The Morgan fingerprint density at radius 2 is 1.91 bits per heavy atom. The third-order valence-corrected chi connectivity index (χ3v) is 3.44. The zero-order valence-electron chi connectivity index (χ0n) is 12.0. The Morgan fingerprint density at radius 3 is 2.57 bits per heavy atom. The van der Waals surface area contributed by atoms with Crippen molar-refractivity contribution in [3.8, 4) is 22.7 Å². The van der Waals surface area contributed by atoms with Crippen LogP contribution in [0.1, 0.15) is 16.1 Å². The standard InChI is InChI=1S/C16H14N4O3/c17-9-13-15(10-4-2-1-3-5-10)20(19-18-13)11-6-7-14(21)12(8-11)16(22)23/h1-8,21H,9,17H2,(H,22,23). The minimum atomic E-state index is -1.22. The number of benzene rings is 2. The summed E-state index contributed by atoms with van der Waals surface area (Å²) in [4.78, 5) is 11.2. The molecular weight excluding hydrogens is 296 g/mol. The first-order valence-corrected chi connectivity index (χ1v) is 6.88. The summed E-state index contributed by atoms with van der Waals surface area (Å²) < 4.78 is 1.52. The summed E-state index contributed by atoms with van der Waals surface area (Å²) in [5.74, 6) is -1.52. The quantitative estimate of drug-likeness (QED) is 0.677. The normalized spacial score (nSPS) is 10.7. The topological polar surface area (TPSA) is 114 Å². The Hall–Kier alpha value is -3.19. The third kappa shape index (κ3) is 2.65. The maximum atomic E-state index is 11.2. The van der Waals surface area contributed by atoms with Gasteiger partial charge in [-0.15, -0.1) is 5.10 Å². The molecule has 0 spiro atoms. The molecule has 3 aromatic rings. The zero-order valence-corrected chi connectivity index (χ0v) is 12.0. The molecule has 0 saturated heterocycles. The molecule has 23 heavy (non-hydrogen) atoms. The SMILES string of the molecule is NCc1nnn(-c2ccc(O)c(C(=O)O)c2)c1-c1ccccc1. The van der Waals surface area contributed by atoms with Crippen molar-refractivity contribution in [3.05, 3.63) is 59.8 Å². The second kappa shape index (κ2) is 5.90. The number of carbonyl (C=O) groups is 1. The van der Waals surface area contributed by atoms with Gasteiger partial charge in [0.15, 0.2) is 0 Å². The van der Waals surface area contributed by atoms with Gasteiger partial charge in [0, 0.05) is 12.1 Å². The fourth-order valence-corrected chi connectivity index (χ4v) is 2.34. The van der Waals surface area contributed by atoms with Crippen LogP contribution in [0.5, 0.6) is 5.75 Å². The highest BCUT2D eigenvalue weighted by Crippen LogP contribution is 2.27. The van der Waals surface area contributed by atoms with Crippen LogP contribution in [-0.4, -0.2) is 31.2 Å². The second-order valence-electron chi connectivity index (χ2n) is 4.87. The van der Waals surface area contributed by atoms with Crippen molar-refractivity contribution in [1.82, 2.24) is 15.0 Å². The lowest BCUT2D eigenvalue weighted by Crippen LogP contribution is -2.04. The summed E-state index contributed by atoms with van der Waals surface area (Å²) in [6.45, 7) is 0.202. The van der Waals surface area contributed by atoms with Crippen LogP contribution < -0.4 is 5.73 Å². The molecule has 7 nitrogen and oxygen atoms in total. The molecule has 0 aliphatic rings. The lowest BCUT2D eigenvalue weighted by Gasteiger charge is -2.09. The van der Waals surface area contributed by atoms with Gasteiger partial charge in [-0.2, -0.15) is 0 Å². The van der Waals surface area contributed by atoms with Crippen LogP contribution >= 0.6 is 0 Å². The molecule has 0 atom stereocenters. The number of phenols is 1. The van der Waals surface area contributed by atoms with E-state index in [9.17, 15) is 9.90 Å². The molecule has 0 bridgehead atoms. The molecule has 7 heteroatoms. The Bertz CT molecular complexity index is 859. The summed E-state index contributed by atoms with van der Waals surface area (Å²) in [5, 5.41) is 26.9. The van der Waals surface area contributed by atoms with Gasteiger partial charge in [0.25, 0.3) is 0 Å². The molecule has 116 valence electrons. The lowest BCUT2D eigenvalue weighted by atomic mass is 10.1. The fraction of sp³-hybridized carbons (Fsp3) is 0.0625. The molecule has 0 aliphatic carbocycles. The number of rotatable bonds is 4. The summed E-state index contributed by atoms with van der Waals surface area (Å²) in [5.41, 5.74) is 8.16. The van der Waals surface area contributed by atoms with Crippen LogP contribution in [0.25, 0.3) is 16.9 Å². The Balaban J connectivity index is 2.20. The molecule has 0 fully saturated rings. The van der Waals surface area contributed by atoms with Gasteiger partial charge in [-0.05, 0) is 18.2 Å². The maximum Gasteiger partial charge on any atom is 0.339 e. The summed E-state index contributed by atoms with van der Waals surface area (Å²) in [6, 6.07) is 13.7. The zero-order chi connectivity index (χ0) is 16.4. The first kappa shape index (κ1) is 14.7. The van der Waals surface area contributed by atoms with E-state index in [0.717, 1.165) is 5.56 Å². The summed E-state index contributed by atoms with van der Waals surface area (Å²) in [6.07, 6.45) is 0. The second-order valence-corrected chi connectivity index (χ2v) is 4.87. The van der Waals surface area contributed by atoms with Crippen LogP contribution in [0.2, 0.25) is 0 Å². The number of aromatic carboxylic acids is 1. The molecule has 2 aromatic carbocycles. The van der Waals surface area contributed by atoms with Crippen molar-refractivity contribution in [2.24, 2.45) is 5.73 Å². The fourth-order valence-electron chi connectivity index (χ4n) is 2.34. The van der Waals surface area contributed by atoms with E-state index in [1.807, 2.05) is 30.3 Å². The van der Waals surface area contributed by atoms with E-state index in [1.54, 1.807) is 6.07 Å². The minimum Gasteiger partial charge on any atom is -0.507 e. The molecule has 0 aliphatic heterocycles. The van der Waals surface area contributed by atoms with E-state index in [1.165, 1.54) is 16.8 Å². The van der Waals surface area contributed by atoms with Crippen LogP contribution in [0, 0.1) is 0 Å². The van der Waals surface area contributed by atoms with Gasteiger partial charge in [-0.3, -0.25) is 0 Å². The van der Waals surface area contributed by atoms with Gasteiger partial charge in [0.05, 0.1) is 11.4 Å². The van der Waals surface area contributed by atoms with E-state index in [-0.39, 0.29) is 17.9 Å². The number of carboxylic acids is 1. The van der Waals surface area contributed by atoms with E-state index >= 15 is 0 Å². The molecule has 0 amide bonds. The lowest BCUT2D eigenvalue weighted by molar-refractivity contribution is 0.0693. The minimum absolute atomic E-state index is 0.202. The highest BCUT2D eigenvalue weighted by molar-refractivity contribution is 5.91. The van der Waals surface area contributed by atoms with E-state index in [2.05, 4.69) is 10.3 Å². The monoisotopic (exact) mass is 310 g/mol. The van der Waals surface area contributed by atoms with E-state index in [0.29, 0.717) is 17.1 Å². The van der Waals surface area contributed by atoms with Crippen LogP contribution in [0.4, 0.5) is 0 Å². The number of hydrogen-bond donors (Lipinski definition) is 3. The largest absolute Gasteiger partial charge is 0.507 e. The van der Waals surface area contributed by atoms with Crippen molar-refractivity contribution in [3.63, 3.8) is 0 Å². The van der Waals surface area contributed by atoms with Gasteiger partial charge >= 0.3 is 5.97 Å². The third-order valence-electron chi connectivity index (χ3n) is 3.44. The highest BCUT2D eigenvalue weighted by Gasteiger charge is 2.17. The van der Waals surface area contributed by atoms with Crippen molar-refractivity contribution in [2.75, 3.05) is 0 Å². The van der Waals surface area contributed by atoms with Gasteiger partial charge in [0.2, 0.25) is 0 Å². The van der Waals surface area contributed by atoms with Crippen molar-refractivity contribution in [2.45, 2.75) is 6.54 Å². The average molecular weight is 310 g/mol. The van der Waals surface area contributed by atoms with Crippen molar-refractivity contribution in [1.29, 1.82) is 0 Å². The van der Waals surface area contributed by atoms with Crippen molar-refractivity contribution < 1.29 is 15.0 Å². The molecule has 1 heterocycles. The molecular formula is C16H14N4O3. The van der Waals surface area contributed by atoms with Gasteiger partial charge in [-0.25, -0.2) is 9.48 Å². The van der Waals surface area contributed by atoms with Crippen molar-refractivity contribution >= 4 is 5.97 Å². The van der Waals surface area contributed by atoms with E-state index < -0.39 is 5.97 Å². The molecule has 3 rings (SSSR count). The Kier molecular flexibility index (Phi) is 3.78. The number of carboxylic acid groups (broad SMARTS) is 1. The van der Waals surface area contributed by atoms with Gasteiger partial charge < -0.3 is 15.9 Å². The highest BCUT2D eigenvalue weighted by atomic mass is 16.4. The number of nitrogens with zero attached hydrogens (tertiary/aromatic N) is 3. The smallest absolute Gasteiger partial charge is 0.339 e.